The lowest BCUT2D eigenvalue weighted by Crippen LogP contribution is -2.33. The van der Waals surface area contributed by atoms with Gasteiger partial charge in [-0.15, -0.1) is 11.3 Å². The summed E-state index contributed by atoms with van der Waals surface area (Å²) in [7, 11) is 0. The number of nitrogen functional groups attached to an aromatic ring is 1. The van der Waals surface area contributed by atoms with Gasteiger partial charge in [0.2, 0.25) is 11.8 Å². The Hall–Kier alpha value is -2.15. The zero-order valence-electron chi connectivity index (χ0n) is 10.7. The summed E-state index contributed by atoms with van der Waals surface area (Å²) < 4.78 is 0.931. The molecule has 104 valence electrons. The number of anilines is 1. The number of hydrogen-bond acceptors (Lipinski definition) is 5. The molecule has 0 radical (unpaired) electrons. The SMILES string of the molecule is NC(=O)[C@@H]1CCN(Cc2csc3c(N)nccc23)C1=O. The number of carbonyl (C=O) groups is 2. The average molecular weight is 290 g/mol. The monoisotopic (exact) mass is 290 g/mol. The predicted molar refractivity (Wildman–Crippen MR) is 76.8 cm³/mol. The summed E-state index contributed by atoms with van der Waals surface area (Å²) in [4.78, 5) is 29.0. The van der Waals surface area contributed by atoms with Crippen molar-refractivity contribution in [2.75, 3.05) is 12.3 Å². The van der Waals surface area contributed by atoms with Crippen molar-refractivity contribution < 1.29 is 9.59 Å². The lowest BCUT2D eigenvalue weighted by Gasteiger charge is -2.15. The molecule has 1 aliphatic rings. The van der Waals surface area contributed by atoms with Crippen LogP contribution in [0.5, 0.6) is 0 Å². The number of aromatic nitrogens is 1. The molecular formula is C13H14N4O2S. The van der Waals surface area contributed by atoms with Gasteiger partial charge in [0, 0.05) is 24.7 Å². The third kappa shape index (κ3) is 2.00. The summed E-state index contributed by atoms with van der Waals surface area (Å²) in [6, 6.07) is 1.89. The van der Waals surface area contributed by atoms with Gasteiger partial charge in [-0.3, -0.25) is 9.59 Å². The van der Waals surface area contributed by atoms with E-state index in [0.717, 1.165) is 15.6 Å². The highest BCUT2D eigenvalue weighted by atomic mass is 32.1. The number of amides is 2. The van der Waals surface area contributed by atoms with Crippen LogP contribution in [0.2, 0.25) is 0 Å². The summed E-state index contributed by atoms with van der Waals surface area (Å²) in [5, 5.41) is 2.99. The predicted octanol–water partition coefficient (Wildman–Crippen LogP) is 0.712. The Morgan fingerprint density at radius 2 is 2.35 bits per heavy atom. The van der Waals surface area contributed by atoms with Crippen molar-refractivity contribution in [2.45, 2.75) is 13.0 Å². The fourth-order valence-corrected chi connectivity index (χ4v) is 3.48. The van der Waals surface area contributed by atoms with Gasteiger partial charge >= 0.3 is 0 Å². The molecule has 0 aromatic carbocycles. The first kappa shape index (κ1) is 12.9. The van der Waals surface area contributed by atoms with Crippen LogP contribution in [0.25, 0.3) is 10.1 Å². The Labute approximate surface area is 119 Å². The van der Waals surface area contributed by atoms with E-state index in [0.29, 0.717) is 25.3 Å². The maximum absolute atomic E-state index is 12.1. The molecule has 1 fully saturated rings. The molecular weight excluding hydrogens is 276 g/mol. The van der Waals surface area contributed by atoms with E-state index in [9.17, 15) is 9.59 Å². The maximum atomic E-state index is 12.1. The number of fused-ring (bicyclic) bond motifs is 1. The molecule has 1 atom stereocenters. The summed E-state index contributed by atoms with van der Waals surface area (Å²) in [5.74, 6) is -0.895. The number of primary amides is 1. The molecule has 2 aromatic rings. The first-order valence-corrected chi connectivity index (χ1v) is 7.14. The van der Waals surface area contributed by atoms with Crippen LogP contribution >= 0.6 is 11.3 Å². The van der Waals surface area contributed by atoms with Gasteiger partial charge in [0.25, 0.3) is 0 Å². The average Bonchev–Trinajstić information content (AvgIpc) is 2.97. The molecule has 3 rings (SSSR count). The summed E-state index contributed by atoms with van der Waals surface area (Å²) in [6.45, 7) is 1.04. The van der Waals surface area contributed by atoms with Crippen molar-refractivity contribution in [3.05, 3.63) is 23.2 Å². The van der Waals surface area contributed by atoms with E-state index in [4.69, 9.17) is 11.5 Å². The Morgan fingerprint density at radius 3 is 3.05 bits per heavy atom. The molecule has 1 aliphatic heterocycles. The molecule has 0 unspecified atom stereocenters. The second-order valence-corrected chi connectivity index (χ2v) is 5.72. The van der Waals surface area contributed by atoms with Gasteiger partial charge < -0.3 is 16.4 Å². The molecule has 2 aromatic heterocycles. The van der Waals surface area contributed by atoms with E-state index in [1.54, 1.807) is 11.1 Å². The number of nitrogens with zero attached hydrogens (tertiary/aromatic N) is 2. The molecule has 6 nitrogen and oxygen atoms in total. The zero-order valence-corrected chi connectivity index (χ0v) is 11.5. The fraction of sp³-hybridized carbons (Fsp3) is 0.308. The van der Waals surface area contributed by atoms with Gasteiger partial charge in [-0.1, -0.05) is 0 Å². The molecule has 1 saturated heterocycles. The standard InChI is InChI=1S/C13H14N4O2S/c14-11-10-8(1-3-16-11)7(6-20-10)5-17-4-2-9(12(15)18)13(17)19/h1,3,6,9H,2,4-5H2,(H2,14,16)(H2,15,18)/t9-/m0/s1. The number of thiophene rings is 1. The van der Waals surface area contributed by atoms with Crippen molar-refractivity contribution in [3.8, 4) is 0 Å². The van der Waals surface area contributed by atoms with E-state index in [1.807, 2.05) is 11.4 Å². The Bertz CT molecular complexity index is 697. The smallest absolute Gasteiger partial charge is 0.235 e. The third-order valence-corrected chi connectivity index (χ3v) is 4.67. The van der Waals surface area contributed by atoms with E-state index in [-0.39, 0.29) is 5.91 Å². The molecule has 0 saturated carbocycles. The van der Waals surface area contributed by atoms with Crippen LogP contribution in [0.4, 0.5) is 5.82 Å². The van der Waals surface area contributed by atoms with Gasteiger partial charge in [0.1, 0.15) is 11.7 Å². The lowest BCUT2D eigenvalue weighted by atomic mass is 10.1. The van der Waals surface area contributed by atoms with Gasteiger partial charge in [-0.05, 0) is 23.4 Å². The van der Waals surface area contributed by atoms with Crippen LogP contribution in [0, 0.1) is 5.92 Å². The summed E-state index contributed by atoms with van der Waals surface area (Å²) in [6.07, 6.45) is 2.16. The first-order valence-electron chi connectivity index (χ1n) is 6.26. The Kier molecular flexibility index (Phi) is 3.06. The normalized spacial score (nSPS) is 18.9. The number of nitrogens with two attached hydrogens (primary N) is 2. The molecule has 0 spiro atoms. The van der Waals surface area contributed by atoms with Crippen LogP contribution in [0.3, 0.4) is 0 Å². The highest BCUT2D eigenvalue weighted by Gasteiger charge is 2.35. The molecule has 20 heavy (non-hydrogen) atoms. The van der Waals surface area contributed by atoms with Crippen LogP contribution in [-0.4, -0.2) is 28.2 Å². The second kappa shape index (κ2) is 4.75. The first-order chi connectivity index (χ1) is 9.58. The summed E-state index contributed by atoms with van der Waals surface area (Å²) in [5.41, 5.74) is 12.1. The zero-order chi connectivity index (χ0) is 14.3. The number of rotatable bonds is 3. The molecule has 4 N–H and O–H groups in total. The summed E-state index contributed by atoms with van der Waals surface area (Å²) >= 11 is 1.52. The van der Waals surface area contributed by atoms with Crippen LogP contribution < -0.4 is 11.5 Å². The fourth-order valence-electron chi connectivity index (χ4n) is 2.52. The topological polar surface area (TPSA) is 102 Å². The van der Waals surface area contributed by atoms with Gasteiger partial charge in [-0.2, -0.15) is 0 Å². The van der Waals surface area contributed by atoms with Crippen molar-refractivity contribution in [3.63, 3.8) is 0 Å². The van der Waals surface area contributed by atoms with E-state index < -0.39 is 11.8 Å². The molecule has 3 heterocycles. The minimum absolute atomic E-state index is 0.182. The minimum Gasteiger partial charge on any atom is -0.383 e. The van der Waals surface area contributed by atoms with E-state index >= 15 is 0 Å². The van der Waals surface area contributed by atoms with Crippen LogP contribution in [0.1, 0.15) is 12.0 Å². The van der Waals surface area contributed by atoms with Crippen LogP contribution in [0.15, 0.2) is 17.6 Å². The van der Waals surface area contributed by atoms with E-state index in [2.05, 4.69) is 4.98 Å². The molecule has 2 amide bonds. The minimum atomic E-state index is -0.674. The van der Waals surface area contributed by atoms with Crippen molar-refractivity contribution in [1.29, 1.82) is 0 Å². The molecule has 0 aliphatic carbocycles. The highest BCUT2D eigenvalue weighted by Crippen LogP contribution is 2.31. The quantitative estimate of drug-likeness (QED) is 0.813. The second-order valence-electron chi connectivity index (χ2n) is 4.84. The maximum Gasteiger partial charge on any atom is 0.235 e. The van der Waals surface area contributed by atoms with Crippen molar-refractivity contribution in [2.24, 2.45) is 11.7 Å². The van der Waals surface area contributed by atoms with Gasteiger partial charge in [0.05, 0.1) is 4.70 Å². The van der Waals surface area contributed by atoms with Crippen molar-refractivity contribution >= 4 is 39.1 Å². The van der Waals surface area contributed by atoms with Gasteiger partial charge in [0.15, 0.2) is 0 Å². The molecule has 0 bridgehead atoms. The third-order valence-electron chi connectivity index (χ3n) is 3.60. The van der Waals surface area contributed by atoms with Crippen molar-refractivity contribution in [1.82, 2.24) is 9.88 Å². The number of pyridine rings is 1. The number of likely N-dealkylation sites (tertiary alicyclic amines) is 1. The Balaban J connectivity index is 1.86. The Morgan fingerprint density at radius 1 is 1.55 bits per heavy atom. The largest absolute Gasteiger partial charge is 0.383 e. The molecule has 7 heteroatoms. The number of carbonyl (C=O) groups excluding carboxylic acids is 2. The lowest BCUT2D eigenvalue weighted by molar-refractivity contribution is -0.136. The van der Waals surface area contributed by atoms with Crippen LogP contribution in [-0.2, 0) is 16.1 Å². The van der Waals surface area contributed by atoms with E-state index in [1.165, 1.54) is 11.3 Å². The number of hydrogen-bond donors (Lipinski definition) is 2. The highest BCUT2D eigenvalue weighted by molar-refractivity contribution is 7.18. The van der Waals surface area contributed by atoms with Gasteiger partial charge in [-0.25, -0.2) is 4.98 Å².